The third-order valence-corrected chi connectivity index (χ3v) is 6.23. The van der Waals surface area contributed by atoms with Crippen LogP contribution in [0.25, 0.3) is 5.69 Å². The first-order valence-electron chi connectivity index (χ1n) is 11.8. The van der Waals surface area contributed by atoms with Gasteiger partial charge in [-0.05, 0) is 42.7 Å². The van der Waals surface area contributed by atoms with Crippen LogP contribution in [-0.4, -0.2) is 39.7 Å². The van der Waals surface area contributed by atoms with E-state index in [0.717, 1.165) is 11.3 Å². The molecule has 0 saturated heterocycles. The molecule has 1 aromatic heterocycles. The highest BCUT2D eigenvalue weighted by Gasteiger charge is 2.24. The molecule has 9 heteroatoms. The minimum atomic E-state index is -0.336. The maximum atomic E-state index is 13.2. The molecule has 0 aliphatic heterocycles. The minimum Gasteiger partial charge on any atom is -0.315 e. The van der Waals surface area contributed by atoms with Gasteiger partial charge in [0.25, 0.3) is 0 Å². The van der Waals surface area contributed by atoms with E-state index in [4.69, 9.17) is 28.3 Å². The fraction of sp³-hybridized carbons (Fsp3) is 0.370. The molecule has 192 valence electrons. The van der Waals surface area contributed by atoms with Crippen LogP contribution < -0.4 is 10.6 Å². The average Bonchev–Trinajstić information content (AvgIpc) is 3.20. The van der Waals surface area contributed by atoms with Gasteiger partial charge in [0.05, 0.1) is 21.4 Å². The second-order valence-corrected chi connectivity index (χ2v) is 11.1. The van der Waals surface area contributed by atoms with Gasteiger partial charge in [0.1, 0.15) is 12.4 Å². The fourth-order valence-corrected chi connectivity index (χ4v) is 3.87. The molecule has 7 nitrogen and oxygen atoms in total. The van der Waals surface area contributed by atoms with E-state index in [1.165, 1.54) is 4.90 Å². The number of benzene rings is 2. The van der Waals surface area contributed by atoms with E-state index in [2.05, 4.69) is 10.6 Å². The summed E-state index contributed by atoms with van der Waals surface area (Å²) in [6.07, 6.45) is 0. The lowest BCUT2D eigenvalue weighted by molar-refractivity contribution is -0.116. The van der Waals surface area contributed by atoms with E-state index < -0.39 is 0 Å². The summed E-state index contributed by atoms with van der Waals surface area (Å²) in [6, 6.07) is 14.2. The van der Waals surface area contributed by atoms with Gasteiger partial charge in [-0.3, -0.25) is 4.79 Å². The second-order valence-electron chi connectivity index (χ2n) is 10.2. The number of anilines is 2. The summed E-state index contributed by atoms with van der Waals surface area (Å²) >= 11 is 12.3. The van der Waals surface area contributed by atoms with Crippen LogP contribution in [0.2, 0.25) is 10.0 Å². The van der Waals surface area contributed by atoms with Crippen molar-refractivity contribution in [2.24, 2.45) is 5.92 Å². The predicted molar refractivity (Wildman–Crippen MR) is 148 cm³/mol. The zero-order valence-electron chi connectivity index (χ0n) is 21.5. The van der Waals surface area contributed by atoms with Crippen molar-refractivity contribution in [3.8, 4) is 5.69 Å². The van der Waals surface area contributed by atoms with Crippen LogP contribution in [0.5, 0.6) is 0 Å². The zero-order valence-corrected chi connectivity index (χ0v) is 23.0. The molecule has 0 bridgehead atoms. The highest BCUT2D eigenvalue weighted by atomic mass is 35.5. The number of rotatable bonds is 7. The quantitative estimate of drug-likeness (QED) is 0.348. The van der Waals surface area contributed by atoms with Crippen LogP contribution in [0.1, 0.15) is 45.9 Å². The summed E-state index contributed by atoms with van der Waals surface area (Å²) < 4.78 is 1.63. The molecular formula is C27H33Cl2N5O2. The monoisotopic (exact) mass is 529 g/mol. The minimum absolute atomic E-state index is 0.118. The van der Waals surface area contributed by atoms with Gasteiger partial charge in [-0.15, -0.1) is 0 Å². The fourth-order valence-electron chi connectivity index (χ4n) is 3.57. The SMILES string of the molecule is Cc1ccccc1NC(=O)N(CC(=O)Nc1cc(C(C)(C)C)nn1-c1ccc(Cl)c(Cl)c1)CC(C)C. The standard InChI is InChI=1S/C27H33Cl2N5O2/c1-17(2)15-33(26(36)30-22-10-8-7-9-18(22)3)16-25(35)31-24-14-23(27(4,5)6)32-34(24)19-11-12-20(28)21(29)13-19/h7-14,17H,15-16H2,1-6H3,(H,30,36)(H,31,35). The van der Waals surface area contributed by atoms with Crippen LogP contribution in [0.15, 0.2) is 48.5 Å². The summed E-state index contributed by atoms with van der Waals surface area (Å²) in [5.41, 5.74) is 2.86. The topological polar surface area (TPSA) is 79.3 Å². The van der Waals surface area contributed by atoms with Crippen molar-refractivity contribution in [3.05, 3.63) is 69.8 Å². The predicted octanol–water partition coefficient (Wildman–Crippen LogP) is 6.91. The first-order chi connectivity index (χ1) is 16.8. The smallest absolute Gasteiger partial charge is 0.315 e. The summed E-state index contributed by atoms with van der Waals surface area (Å²) in [7, 11) is 0. The summed E-state index contributed by atoms with van der Waals surface area (Å²) in [5.74, 6) is 0.319. The number of para-hydroxylation sites is 1. The van der Waals surface area contributed by atoms with Crippen molar-refractivity contribution in [1.29, 1.82) is 0 Å². The number of aryl methyl sites for hydroxylation is 1. The normalized spacial score (nSPS) is 11.5. The van der Waals surface area contributed by atoms with Crippen LogP contribution in [0, 0.1) is 12.8 Å². The molecule has 3 amide bonds. The molecule has 0 unspecified atom stereocenters. The number of nitrogens with zero attached hydrogens (tertiary/aromatic N) is 3. The van der Waals surface area contributed by atoms with Crippen molar-refractivity contribution < 1.29 is 9.59 Å². The van der Waals surface area contributed by atoms with Gasteiger partial charge in [-0.2, -0.15) is 5.10 Å². The highest BCUT2D eigenvalue weighted by Crippen LogP contribution is 2.29. The molecule has 0 atom stereocenters. The number of hydrogen-bond donors (Lipinski definition) is 2. The molecule has 3 rings (SSSR count). The summed E-state index contributed by atoms with van der Waals surface area (Å²) in [6.45, 7) is 12.4. The Hall–Kier alpha value is -3.03. The van der Waals surface area contributed by atoms with Gasteiger partial charge in [-0.25, -0.2) is 9.48 Å². The molecule has 1 heterocycles. The molecule has 0 aliphatic rings. The van der Waals surface area contributed by atoms with Crippen molar-refractivity contribution in [1.82, 2.24) is 14.7 Å². The Morgan fingerprint density at radius 2 is 1.72 bits per heavy atom. The summed E-state index contributed by atoms with van der Waals surface area (Å²) in [4.78, 5) is 27.8. The lowest BCUT2D eigenvalue weighted by Gasteiger charge is -2.25. The van der Waals surface area contributed by atoms with E-state index in [1.54, 1.807) is 22.9 Å². The van der Waals surface area contributed by atoms with E-state index in [9.17, 15) is 9.59 Å². The van der Waals surface area contributed by atoms with Crippen molar-refractivity contribution >= 4 is 46.6 Å². The average molecular weight is 531 g/mol. The molecule has 3 aromatic rings. The largest absolute Gasteiger partial charge is 0.322 e. The Morgan fingerprint density at radius 3 is 2.33 bits per heavy atom. The highest BCUT2D eigenvalue weighted by molar-refractivity contribution is 6.42. The number of halogens is 2. The van der Waals surface area contributed by atoms with Crippen molar-refractivity contribution in [2.45, 2.75) is 47.0 Å². The Kier molecular flexibility index (Phi) is 8.69. The number of hydrogen-bond acceptors (Lipinski definition) is 3. The van der Waals surface area contributed by atoms with E-state index in [-0.39, 0.29) is 29.8 Å². The zero-order chi connectivity index (χ0) is 26.6. The van der Waals surface area contributed by atoms with Crippen LogP contribution >= 0.6 is 23.2 Å². The van der Waals surface area contributed by atoms with Gasteiger partial charge in [0.15, 0.2) is 0 Å². The maximum absolute atomic E-state index is 13.2. The van der Waals surface area contributed by atoms with Crippen LogP contribution in [0.4, 0.5) is 16.3 Å². The molecule has 2 N–H and O–H groups in total. The Balaban J connectivity index is 1.85. The van der Waals surface area contributed by atoms with Gasteiger partial charge >= 0.3 is 6.03 Å². The Labute approximate surface area is 222 Å². The van der Waals surface area contributed by atoms with Gasteiger partial charge < -0.3 is 15.5 Å². The second kappa shape index (κ2) is 11.4. The van der Waals surface area contributed by atoms with Crippen molar-refractivity contribution in [2.75, 3.05) is 23.7 Å². The lowest BCUT2D eigenvalue weighted by atomic mass is 9.92. The number of aromatic nitrogens is 2. The Bertz CT molecular complexity index is 1250. The van der Waals surface area contributed by atoms with Crippen LogP contribution in [0.3, 0.4) is 0 Å². The molecule has 0 fully saturated rings. The molecular weight excluding hydrogens is 497 g/mol. The molecule has 0 aliphatic carbocycles. The van der Waals surface area contributed by atoms with E-state index in [0.29, 0.717) is 33.8 Å². The van der Waals surface area contributed by atoms with E-state index >= 15 is 0 Å². The molecule has 0 spiro atoms. The number of carbonyl (C=O) groups is 2. The van der Waals surface area contributed by atoms with Crippen LogP contribution in [-0.2, 0) is 10.2 Å². The number of carbonyl (C=O) groups excluding carboxylic acids is 2. The van der Waals surface area contributed by atoms with Crippen molar-refractivity contribution in [3.63, 3.8) is 0 Å². The number of urea groups is 1. The molecule has 0 radical (unpaired) electrons. The first kappa shape index (κ1) is 27.6. The summed E-state index contributed by atoms with van der Waals surface area (Å²) in [5, 5.41) is 11.4. The molecule has 36 heavy (non-hydrogen) atoms. The number of amides is 3. The van der Waals surface area contributed by atoms with Gasteiger partial charge in [-0.1, -0.05) is 76.0 Å². The lowest BCUT2D eigenvalue weighted by Crippen LogP contribution is -2.42. The van der Waals surface area contributed by atoms with Gasteiger partial charge in [0.2, 0.25) is 5.91 Å². The first-order valence-corrected chi connectivity index (χ1v) is 12.6. The maximum Gasteiger partial charge on any atom is 0.322 e. The third-order valence-electron chi connectivity index (χ3n) is 5.49. The van der Waals surface area contributed by atoms with E-state index in [1.807, 2.05) is 71.9 Å². The Morgan fingerprint density at radius 1 is 1.03 bits per heavy atom. The molecule has 0 saturated carbocycles. The third kappa shape index (κ3) is 7.02. The number of nitrogens with one attached hydrogen (secondary N) is 2. The van der Waals surface area contributed by atoms with Gasteiger partial charge in [0, 0.05) is 23.7 Å². The molecule has 2 aromatic carbocycles.